The topological polar surface area (TPSA) is 104 Å². The van der Waals surface area contributed by atoms with Gasteiger partial charge in [0.05, 0.1) is 10.5 Å². The van der Waals surface area contributed by atoms with E-state index >= 15 is 0 Å². The third-order valence-corrected chi connectivity index (χ3v) is 18.6. The number of carbonyl (C=O) groups is 3. The summed E-state index contributed by atoms with van der Waals surface area (Å²) in [5.41, 5.74) is 0. The average molecular weight is 660 g/mol. The van der Waals surface area contributed by atoms with Gasteiger partial charge in [0.2, 0.25) is 5.91 Å². The van der Waals surface area contributed by atoms with Gasteiger partial charge in [0, 0.05) is 19.4 Å². The number of thiol groups is 1. The zero-order valence-corrected chi connectivity index (χ0v) is 28.4. The molecule has 1 aliphatic rings. The van der Waals surface area contributed by atoms with Gasteiger partial charge in [-0.15, -0.1) is 24.4 Å². The molecule has 1 amide bonds. The zero-order chi connectivity index (χ0) is 28.8. The summed E-state index contributed by atoms with van der Waals surface area (Å²) in [6.45, 7) is 0.622. The smallest absolute Gasteiger partial charge is 0.308 e. The molecule has 0 aliphatic carbocycles. The Morgan fingerprint density at radius 3 is 1.67 bits per heavy atom. The molecule has 3 N–H and O–H groups in total. The molecule has 0 radical (unpaired) electrons. The van der Waals surface area contributed by atoms with Crippen molar-refractivity contribution in [3.8, 4) is 0 Å². The Morgan fingerprint density at radius 2 is 1.23 bits per heavy atom. The molecule has 0 bridgehead atoms. The van der Waals surface area contributed by atoms with E-state index in [0.717, 1.165) is 44.9 Å². The number of carbonyl (C=O) groups excluding carboxylic acids is 1. The van der Waals surface area contributed by atoms with E-state index in [1.807, 2.05) is 6.26 Å². The largest absolute Gasteiger partial charge is 0.481 e. The van der Waals surface area contributed by atoms with Crippen molar-refractivity contribution in [2.75, 3.05) is 12.8 Å². The molecule has 1 fully saturated rings. The molecule has 6 nitrogen and oxygen atoms in total. The van der Waals surface area contributed by atoms with Crippen LogP contribution in [0, 0.1) is 5.92 Å². The standard InChI is InChI=1S/C27H49NO5S6/c1-35-27(34)38-36-26(37-39-27)22(25(32)33)18-16-17-21-28-23(29)19-14-12-10-8-6-4-2-3-5-7-9-11-13-15-20-24(30)31/h22,26,34H,2-21H2,1H3,(H,28,29)(H,30,31)(H,32,33)/t22-,26?,27?/m0/s1. The Balaban J connectivity index is 1.90. The van der Waals surface area contributed by atoms with Gasteiger partial charge in [-0.2, -0.15) is 0 Å². The first kappa shape index (κ1) is 37.5. The number of carboxylic acids is 2. The number of amides is 1. The quantitative estimate of drug-likeness (QED) is 0.0328. The van der Waals surface area contributed by atoms with Crippen LogP contribution in [0.5, 0.6) is 0 Å². The van der Waals surface area contributed by atoms with Crippen molar-refractivity contribution in [1.82, 2.24) is 5.32 Å². The lowest BCUT2D eigenvalue weighted by atomic mass is 10.0. The summed E-state index contributed by atoms with van der Waals surface area (Å²) in [6, 6.07) is 0. The van der Waals surface area contributed by atoms with E-state index < -0.39 is 11.9 Å². The van der Waals surface area contributed by atoms with Crippen LogP contribution >= 0.6 is 67.6 Å². The zero-order valence-electron chi connectivity index (χ0n) is 23.4. The highest BCUT2D eigenvalue weighted by atomic mass is 33.2. The molecule has 0 spiro atoms. The molecule has 0 aromatic rings. The molecule has 0 aromatic heterocycles. The summed E-state index contributed by atoms with van der Waals surface area (Å²) in [5.74, 6) is -1.69. The Bertz CT molecular complexity index is 679. The van der Waals surface area contributed by atoms with Crippen molar-refractivity contribution < 1.29 is 24.6 Å². The minimum absolute atomic E-state index is 0.0127. The van der Waals surface area contributed by atoms with Gasteiger partial charge in [-0.1, -0.05) is 127 Å². The van der Waals surface area contributed by atoms with Crippen LogP contribution in [-0.4, -0.2) is 48.2 Å². The van der Waals surface area contributed by atoms with Gasteiger partial charge >= 0.3 is 11.9 Å². The van der Waals surface area contributed by atoms with Gasteiger partial charge in [0.15, 0.2) is 2.74 Å². The van der Waals surface area contributed by atoms with E-state index in [2.05, 4.69) is 17.9 Å². The van der Waals surface area contributed by atoms with Crippen LogP contribution in [0.4, 0.5) is 0 Å². The van der Waals surface area contributed by atoms with Crippen LogP contribution in [0.2, 0.25) is 0 Å². The van der Waals surface area contributed by atoms with Gasteiger partial charge < -0.3 is 15.5 Å². The van der Waals surface area contributed by atoms with Crippen LogP contribution in [0.15, 0.2) is 0 Å². The van der Waals surface area contributed by atoms with Crippen LogP contribution < -0.4 is 5.32 Å². The number of carboxylic acid groups (broad SMARTS) is 2. The second-order valence-electron chi connectivity index (χ2n) is 10.1. The summed E-state index contributed by atoms with van der Waals surface area (Å²) in [6.07, 6.45) is 21.6. The molecule has 0 unspecified atom stereocenters. The lowest BCUT2D eigenvalue weighted by Gasteiger charge is -2.34. The van der Waals surface area contributed by atoms with E-state index in [-0.39, 0.29) is 19.2 Å². The summed E-state index contributed by atoms with van der Waals surface area (Å²) in [7, 11) is 6.53. The van der Waals surface area contributed by atoms with Gasteiger partial charge in [0.1, 0.15) is 0 Å². The predicted octanol–water partition coefficient (Wildman–Crippen LogP) is 9.31. The molecule has 39 heavy (non-hydrogen) atoms. The number of hydrogen-bond donors (Lipinski definition) is 4. The molecular weight excluding hydrogens is 611 g/mol. The first-order valence-electron chi connectivity index (χ1n) is 14.4. The summed E-state index contributed by atoms with van der Waals surface area (Å²) < 4.78 is -0.216. The molecule has 228 valence electrons. The molecule has 0 aromatic carbocycles. The number of rotatable bonds is 25. The number of nitrogens with one attached hydrogen (secondary N) is 1. The fraction of sp³-hybridized carbons (Fsp3) is 0.889. The maximum atomic E-state index is 12.1. The van der Waals surface area contributed by atoms with Gasteiger partial charge in [0.25, 0.3) is 0 Å². The highest BCUT2D eigenvalue weighted by Crippen LogP contribution is 2.67. The Hall–Kier alpha value is 0.510. The Morgan fingerprint density at radius 1 is 0.769 bits per heavy atom. The maximum absolute atomic E-state index is 12.1. The normalized spacial score (nSPS) is 20.0. The van der Waals surface area contributed by atoms with Crippen molar-refractivity contribution in [2.24, 2.45) is 5.92 Å². The van der Waals surface area contributed by atoms with Crippen LogP contribution in [0.3, 0.4) is 0 Å². The third-order valence-electron chi connectivity index (χ3n) is 6.71. The Kier molecular flexibility index (Phi) is 23.1. The fourth-order valence-electron chi connectivity index (χ4n) is 4.31. The van der Waals surface area contributed by atoms with Crippen molar-refractivity contribution in [2.45, 2.75) is 129 Å². The third kappa shape index (κ3) is 20.1. The van der Waals surface area contributed by atoms with Crippen molar-refractivity contribution >= 4 is 85.4 Å². The van der Waals surface area contributed by atoms with E-state index in [1.165, 1.54) is 57.8 Å². The predicted molar refractivity (Wildman–Crippen MR) is 179 cm³/mol. The van der Waals surface area contributed by atoms with Crippen molar-refractivity contribution in [3.05, 3.63) is 0 Å². The van der Waals surface area contributed by atoms with E-state index in [4.69, 9.17) is 5.11 Å². The number of thioether (sulfide) groups is 1. The lowest BCUT2D eigenvalue weighted by molar-refractivity contribution is -0.141. The van der Waals surface area contributed by atoms with Gasteiger partial charge in [-0.05, 0) is 31.9 Å². The molecule has 12 heteroatoms. The molecular formula is C27H49NO5S6. The van der Waals surface area contributed by atoms with E-state index in [9.17, 15) is 19.5 Å². The maximum Gasteiger partial charge on any atom is 0.308 e. The molecule has 1 heterocycles. The summed E-state index contributed by atoms with van der Waals surface area (Å²) in [5, 5.41) is 21.3. The van der Waals surface area contributed by atoms with Crippen LogP contribution in [0.1, 0.15) is 122 Å². The van der Waals surface area contributed by atoms with Crippen LogP contribution in [-0.2, 0) is 14.4 Å². The second kappa shape index (κ2) is 24.0. The van der Waals surface area contributed by atoms with Gasteiger partial charge in [-0.3, -0.25) is 14.4 Å². The van der Waals surface area contributed by atoms with E-state index in [1.54, 1.807) is 54.9 Å². The van der Waals surface area contributed by atoms with E-state index in [0.29, 0.717) is 25.8 Å². The fourth-order valence-corrected chi connectivity index (χ4v) is 14.7. The summed E-state index contributed by atoms with van der Waals surface area (Å²) in [4.78, 5) is 34.3. The minimum atomic E-state index is -0.737. The number of unbranched alkanes of at least 4 members (excludes halogenated alkanes) is 14. The van der Waals surface area contributed by atoms with Crippen molar-refractivity contribution in [3.63, 3.8) is 0 Å². The molecule has 1 saturated heterocycles. The number of aliphatic carboxylic acids is 2. The molecule has 1 aliphatic heterocycles. The monoisotopic (exact) mass is 659 g/mol. The second-order valence-corrected chi connectivity index (χ2v) is 18.9. The summed E-state index contributed by atoms with van der Waals surface area (Å²) >= 11 is 6.32. The van der Waals surface area contributed by atoms with Gasteiger partial charge in [-0.25, -0.2) is 0 Å². The van der Waals surface area contributed by atoms with Crippen molar-refractivity contribution in [1.29, 1.82) is 0 Å². The lowest BCUT2D eigenvalue weighted by Crippen LogP contribution is -2.26. The minimum Gasteiger partial charge on any atom is -0.481 e. The highest BCUT2D eigenvalue weighted by molar-refractivity contribution is 8.97. The molecule has 1 atom stereocenters. The SMILES string of the molecule is CSC1(S)SSC([C@@H](CCCCNC(=O)CCCCCCCCCCCCCCCCC(=O)O)C(=O)O)SS1. The average Bonchev–Trinajstić information content (AvgIpc) is 2.90. The first-order chi connectivity index (χ1) is 18.8. The van der Waals surface area contributed by atoms with Crippen LogP contribution in [0.25, 0.3) is 0 Å². The molecule has 0 saturated carbocycles. The molecule has 1 rings (SSSR count). The highest BCUT2D eigenvalue weighted by Gasteiger charge is 2.40. The Labute approximate surface area is 261 Å². The number of hydrogen-bond acceptors (Lipinski definition) is 9. The first-order valence-corrected chi connectivity index (χ1v) is 20.5.